The maximum atomic E-state index is 11.6. The van der Waals surface area contributed by atoms with E-state index in [1.165, 1.54) is 0 Å². The van der Waals surface area contributed by atoms with Crippen molar-refractivity contribution in [2.45, 2.75) is 26.3 Å². The summed E-state index contributed by atoms with van der Waals surface area (Å²) in [6.07, 6.45) is 0.853. The Morgan fingerprint density at radius 3 is 2.38 bits per heavy atom. The Bertz CT molecular complexity index is 219. The van der Waals surface area contributed by atoms with Crippen LogP contribution in [0.25, 0.3) is 0 Å². The zero-order chi connectivity index (χ0) is 10.3. The van der Waals surface area contributed by atoms with Gasteiger partial charge in [0.25, 0.3) is 0 Å². The molecule has 0 aromatic rings. The highest BCUT2D eigenvalue weighted by molar-refractivity contribution is 5.79. The fourth-order valence-corrected chi connectivity index (χ4v) is 2.10. The Kier molecular flexibility index (Phi) is 2.41. The molecule has 0 aliphatic carbocycles. The van der Waals surface area contributed by atoms with Crippen LogP contribution >= 0.6 is 0 Å². The van der Waals surface area contributed by atoms with Crippen LogP contribution in [-0.2, 0) is 9.53 Å². The van der Waals surface area contributed by atoms with E-state index in [1.54, 1.807) is 0 Å². The number of cyclic esters (lactones) is 1. The Balaban J connectivity index is 2.95. The minimum atomic E-state index is -0.293. The number of carbonyl (C=O) groups is 1. The molecular formula is C10H20NO2+. The first-order valence-corrected chi connectivity index (χ1v) is 4.80. The highest BCUT2D eigenvalue weighted by atomic mass is 16.5. The molecule has 1 saturated heterocycles. The Labute approximate surface area is 80.3 Å². The summed E-state index contributed by atoms with van der Waals surface area (Å²) < 4.78 is 5.93. The maximum absolute atomic E-state index is 11.6. The first kappa shape index (κ1) is 10.5. The molecule has 2 unspecified atom stereocenters. The van der Waals surface area contributed by atoms with Gasteiger partial charge in [0.15, 0.2) is 0 Å². The van der Waals surface area contributed by atoms with Crippen LogP contribution in [0.1, 0.15) is 20.3 Å². The summed E-state index contributed by atoms with van der Waals surface area (Å²) in [6, 6.07) is 0.282. The van der Waals surface area contributed by atoms with Crippen molar-refractivity contribution < 1.29 is 14.0 Å². The van der Waals surface area contributed by atoms with Gasteiger partial charge in [0.05, 0.1) is 21.1 Å². The molecule has 0 aromatic heterocycles. The van der Waals surface area contributed by atoms with Crippen LogP contribution in [0.3, 0.4) is 0 Å². The van der Waals surface area contributed by atoms with Gasteiger partial charge in [-0.2, -0.15) is 0 Å². The molecule has 1 fully saturated rings. The van der Waals surface area contributed by atoms with Crippen molar-refractivity contribution >= 4 is 5.97 Å². The Hall–Kier alpha value is -0.570. The summed E-state index contributed by atoms with van der Waals surface area (Å²) in [6.45, 7) is 4.62. The molecule has 1 aliphatic rings. The van der Waals surface area contributed by atoms with E-state index in [1.807, 2.05) is 6.92 Å². The normalized spacial score (nSPS) is 34.8. The van der Waals surface area contributed by atoms with Crippen molar-refractivity contribution in [3.63, 3.8) is 0 Å². The summed E-state index contributed by atoms with van der Waals surface area (Å²) in [5.74, 6) is -0.0342. The molecular weight excluding hydrogens is 166 g/mol. The van der Waals surface area contributed by atoms with Gasteiger partial charge in [0.1, 0.15) is 18.1 Å². The number of quaternary nitrogens is 1. The summed E-state index contributed by atoms with van der Waals surface area (Å²) in [4.78, 5) is 11.6. The molecule has 0 aromatic carbocycles. The second-order valence-electron chi connectivity index (χ2n) is 5.00. The molecule has 1 aliphatic heterocycles. The molecule has 1 rings (SSSR count). The monoisotopic (exact) mass is 186 g/mol. The first-order valence-electron chi connectivity index (χ1n) is 4.80. The SMILES string of the molecule is CCC1(C)C(=O)OCC1[N+](C)(C)C. The summed E-state index contributed by atoms with van der Waals surface area (Å²) >= 11 is 0. The van der Waals surface area contributed by atoms with Crippen LogP contribution in [0.15, 0.2) is 0 Å². The third-order valence-corrected chi connectivity index (χ3v) is 3.24. The summed E-state index contributed by atoms with van der Waals surface area (Å²) in [5.41, 5.74) is -0.293. The van der Waals surface area contributed by atoms with Crippen LogP contribution in [0.4, 0.5) is 0 Å². The van der Waals surface area contributed by atoms with Crippen LogP contribution < -0.4 is 0 Å². The largest absolute Gasteiger partial charge is 0.459 e. The molecule has 0 bridgehead atoms. The quantitative estimate of drug-likeness (QED) is 0.475. The van der Waals surface area contributed by atoms with Crippen molar-refractivity contribution in [1.29, 1.82) is 0 Å². The van der Waals surface area contributed by atoms with Crippen molar-refractivity contribution in [3.8, 4) is 0 Å². The van der Waals surface area contributed by atoms with Gasteiger partial charge >= 0.3 is 5.97 Å². The molecule has 0 spiro atoms. The third-order valence-electron chi connectivity index (χ3n) is 3.24. The second-order valence-corrected chi connectivity index (χ2v) is 5.00. The number of likely N-dealkylation sites (N-methyl/N-ethyl adjacent to an activating group) is 1. The van der Waals surface area contributed by atoms with Gasteiger partial charge in [-0.3, -0.25) is 4.79 Å². The van der Waals surface area contributed by atoms with Gasteiger partial charge in [-0.1, -0.05) is 6.92 Å². The molecule has 76 valence electrons. The highest BCUT2D eigenvalue weighted by Gasteiger charge is 2.53. The lowest BCUT2D eigenvalue weighted by Crippen LogP contribution is -2.54. The van der Waals surface area contributed by atoms with Crippen LogP contribution in [-0.4, -0.2) is 44.2 Å². The predicted octanol–water partition coefficient (Wildman–Crippen LogP) is 1.03. The lowest BCUT2D eigenvalue weighted by molar-refractivity contribution is -0.900. The van der Waals surface area contributed by atoms with Crippen molar-refractivity contribution in [1.82, 2.24) is 0 Å². The zero-order valence-electron chi connectivity index (χ0n) is 9.26. The number of rotatable bonds is 2. The standard InChI is InChI=1S/C10H20NO2/c1-6-10(2)8(11(3,4)5)7-13-9(10)12/h8H,6-7H2,1-5H3/q+1. The molecule has 0 amide bonds. The maximum Gasteiger partial charge on any atom is 0.318 e. The van der Waals surface area contributed by atoms with E-state index in [9.17, 15) is 4.79 Å². The molecule has 13 heavy (non-hydrogen) atoms. The molecule has 0 radical (unpaired) electrons. The smallest absolute Gasteiger partial charge is 0.318 e. The molecule has 3 heteroatoms. The van der Waals surface area contributed by atoms with Crippen molar-refractivity contribution in [2.75, 3.05) is 27.7 Å². The molecule has 3 nitrogen and oxygen atoms in total. The fraction of sp³-hybridized carbons (Fsp3) is 0.900. The second kappa shape index (κ2) is 2.98. The number of hydrogen-bond donors (Lipinski definition) is 0. The van der Waals surface area contributed by atoms with Gasteiger partial charge in [-0.15, -0.1) is 0 Å². The lowest BCUT2D eigenvalue weighted by atomic mass is 9.80. The van der Waals surface area contributed by atoms with E-state index in [2.05, 4.69) is 28.1 Å². The van der Waals surface area contributed by atoms with Crippen LogP contribution in [0.5, 0.6) is 0 Å². The average molecular weight is 186 g/mol. The van der Waals surface area contributed by atoms with Gasteiger partial charge < -0.3 is 9.22 Å². The van der Waals surface area contributed by atoms with Gasteiger partial charge in [-0.25, -0.2) is 0 Å². The van der Waals surface area contributed by atoms with E-state index in [-0.39, 0.29) is 17.4 Å². The van der Waals surface area contributed by atoms with Crippen LogP contribution in [0.2, 0.25) is 0 Å². The fourth-order valence-electron chi connectivity index (χ4n) is 2.10. The zero-order valence-corrected chi connectivity index (χ0v) is 9.26. The van der Waals surface area contributed by atoms with E-state index < -0.39 is 0 Å². The number of ether oxygens (including phenoxy) is 1. The van der Waals surface area contributed by atoms with Gasteiger partial charge in [0.2, 0.25) is 0 Å². The van der Waals surface area contributed by atoms with Crippen molar-refractivity contribution in [3.05, 3.63) is 0 Å². The molecule has 0 N–H and O–H groups in total. The summed E-state index contributed by atoms with van der Waals surface area (Å²) in [5, 5.41) is 0. The minimum Gasteiger partial charge on any atom is -0.459 e. The van der Waals surface area contributed by atoms with E-state index in [0.29, 0.717) is 6.61 Å². The highest BCUT2D eigenvalue weighted by Crippen LogP contribution is 2.37. The summed E-state index contributed by atoms with van der Waals surface area (Å²) in [7, 11) is 6.33. The predicted molar refractivity (Wildman–Crippen MR) is 51.2 cm³/mol. The van der Waals surface area contributed by atoms with Crippen LogP contribution in [0, 0.1) is 5.41 Å². The minimum absolute atomic E-state index is 0.0342. The number of hydrogen-bond acceptors (Lipinski definition) is 2. The lowest BCUT2D eigenvalue weighted by Gasteiger charge is -2.37. The Morgan fingerprint density at radius 1 is 1.54 bits per heavy atom. The van der Waals surface area contributed by atoms with Gasteiger partial charge in [0, 0.05) is 0 Å². The first-order chi connectivity index (χ1) is 5.82. The van der Waals surface area contributed by atoms with E-state index in [4.69, 9.17) is 4.74 Å². The number of carbonyl (C=O) groups excluding carboxylic acids is 1. The average Bonchev–Trinajstić information content (AvgIpc) is 2.28. The number of esters is 1. The van der Waals surface area contributed by atoms with E-state index in [0.717, 1.165) is 10.9 Å². The molecule has 2 atom stereocenters. The molecule has 1 heterocycles. The number of nitrogens with zero attached hydrogens (tertiary/aromatic N) is 1. The Morgan fingerprint density at radius 2 is 2.08 bits per heavy atom. The third kappa shape index (κ3) is 1.57. The topological polar surface area (TPSA) is 26.3 Å². The van der Waals surface area contributed by atoms with Gasteiger partial charge in [-0.05, 0) is 13.3 Å². The molecule has 0 saturated carbocycles. The van der Waals surface area contributed by atoms with Crippen molar-refractivity contribution in [2.24, 2.45) is 5.41 Å². The van der Waals surface area contributed by atoms with E-state index >= 15 is 0 Å².